The molecule has 3 N–H and O–H groups in total. The summed E-state index contributed by atoms with van der Waals surface area (Å²) in [4.78, 5) is 27.5. The van der Waals surface area contributed by atoms with Crippen molar-refractivity contribution < 1.29 is 19.8 Å². The van der Waals surface area contributed by atoms with Gasteiger partial charge in [0.15, 0.2) is 12.2 Å². The van der Waals surface area contributed by atoms with Gasteiger partial charge in [0.05, 0.1) is 0 Å². The molecular weight excluding hydrogens is 412 g/mol. The fourth-order valence-corrected chi connectivity index (χ4v) is 6.20. The molecule has 0 bridgehead atoms. The van der Waals surface area contributed by atoms with Gasteiger partial charge >= 0.3 is 0 Å². The van der Waals surface area contributed by atoms with Crippen LogP contribution in [0.5, 0.6) is 0 Å². The highest BCUT2D eigenvalue weighted by Gasteiger charge is 2.35. The molecule has 2 heterocycles. The third kappa shape index (κ3) is 5.51. The summed E-state index contributed by atoms with van der Waals surface area (Å²) >= 11 is 1.81. The number of fused-ring (bicyclic) bond motifs is 1. The molecule has 1 aliphatic carbocycles. The Labute approximate surface area is 188 Å². The number of hydrogen-bond acceptors (Lipinski definition) is 5. The molecule has 168 valence electrons. The van der Waals surface area contributed by atoms with Gasteiger partial charge in [-0.3, -0.25) is 9.59 Å². The Morgan fingerprint density at radius 2 is 1.74 bits per heavy atom. The topological polar surface area (TPSA) is 89.9 Å². The zero-order chi connectivity index (χ0) is 21.8. The van der Waals surface area contributed by atoms with Gasteiger partial charge in [-0.25, -0.2) is 0 Å². The summed E-state index contributed by atoms with van der Waals surface area (Å²) in [6.45, 7) is 1.09. The van der Waals surface area contributed by atoms with E-state index in [2.05, 4.69) is 11.4 Å². The van der Waals surface area contributed by atoms with E-state index in [9.17, 15) is 19.8 Å². The monoisotopic (exact) mass is 444 g/mol. The Kier molecular flexibility index (Phi) is 7.35. The van der Waals surface area contributed by atoms with Crippen molar-refractivity contribution in [3.63, 3.8) is 0 Å². The van der Waals surface area contributed by atoms with Gasteiger partial charge in [0, 0.05) is 29.8 Å². The van der Waals surface area contributed by atoms with E-state index in [0.29, 0.717) is 24.9 Å². The van der Waals surface area contributed by atoms with Gasteiger partial charge in [0.2, 0.25) is 0 Å². The summed E-state index contributed by atoms with van der Waals surface area (Å²) in [6, 6.07) is 7.68. The van der Waals surface area contributed by atoms with Crippen molar-refractivity contribution in [1.82, 2.24) is 10.2 Å². The molecule has 6 nitrogen and oxygen atoms in total. The van der Waals surface area contributed by atoms with Crippen molar-refractivity contribution in [1.29, 1.82) is 0 Å². The molecule has 31 heavy (non-hydrogen) atoms. The van der Waals surface area contributed by atoms with E-state index in [1.807, 2.05) is 36.0 Å². The third-order valence-corrected chi connectivity index (χ3v) is 7.99. The van der Waals surface area contributed by atoms with E-state index in [1.165, 1.54) is 43.4 Å². The summed E-state index contributed by atoms with van der Waals surface area (Å²) in [6.07, 6.45) is 7.60. The highest BCUT2D eigenvalue weighted by molar-refractivity contribution is 8.03. The van der Waals surface area contributed by atoms with Crippen molar-refractivity contribution in [2.45, 2.75) is 75.5 Å². The van der Waals surface area contributed by atoms with Crippen LogP contribution in [-0.2, 0) is 22.7 Å². The second kappa shape index (κ2) is 10.2. The van der Waals surface area contributed by atoms with Crippen LogP contribution in [0, 0.1) is 5.92 Å². The lowest BCUT2D eigenvalue weighted by Crippen LogP contribution is -2.49. The summed E-state index contributed by atoms with van der Waals surface area (Å²) in [5.74, 6) is -0.510. The fraction of sp³-hybridized carbons (Fsp3) is 0.583. The predicted octanol–water partition coefficient (Wildman–Crippen LogP) is 2.73. The normalized spacial score (nSPS) is 23.2. The van der Waals surface area contributed by atoms with Crippen molar-refractivity contribution in [3.8, 4) is 0 Å². The average Bonchev–Trinajstić information content (AvgIpc) is 3.43. The molecule has 3 atom stereocenters. The number of aliphatic hydroxyl groups excluding tert-OH is 2. The standard InChI is InChI=1S/C24H32N2O4S/c27-21(22(28)24(30)26-14-17-8-4-5-9-18(17)15-26)23(29)25-13-20-11-10-19(31-20)12-16-6-2-1-3-7-16/h4-5,8-9,11,16,19,21-22,27-28H,1-3,6-7,10,12-15H2,(H,25,29)/t19?,21-,22-/m1/s1. The van der Waals surface area contributed by atoms with Crippen molar-refractivity contribution >= 4 is 23.6 Å². The number of carbonyl (C=O) groups excluding carboxylic acids is 2. The van der Waals surface area contributed by atoms with Crippen LogP contribution in [0.4, 0.5) is 0 Å². The van der Waals surface area contributed by atoms with Crippen molar-refractivity contribution in [2.24, 2.45) is 5.92 Å². The minimum atomic E-state index is -1.78. The van der Waals surface area contributed by atoms with Crippen LogP contribution in [0.2, 0.25) is 0 Å². The molecule has 7 heteroatoms. The molecule has 0 radical (unpaired) electrons. The van der Waals surface area contributed by atoms with Gasteiger partial charge in [-0.2, -0.15) is 0 Å². The molecule has 1 aromatic rings. The molecule has 1 saturated carbocycles. The summed E-state index contributed by atoms with van der Waals surface area (Å²) in [7, 11) is 0. The molecule has 0 saturated heterocycles. The van der Waals surface area contributed by atoms with Gasteiger partial charge < -0.3 is 20.4 Å². The smallest absolute Gasteiger partial charge is 0.255 e. The number of nitrogens with one attached hydrogen (secondary N) is 1. The average molecular weight is 445 g/mol. The number of thioether (sulfide) groups is 1. The number of rotatable bonds is 7. The van der Waals surface area contributed by atoms with E-state index >= 15 is 0 Å². The van der Waals surface area contributed by atoms with Crippen LogP contribution in [0.25, 0.3) is 0 Å². The second-order valence-electron chi connectivity index (χ2n) is 8.96. The molecule has 1 fully saturated rings. The van der Waals surface area contributed by atoms with E-state index in [0.717, 1.165) is 28.4 Å². The van der Waals surface area contributed by atoms with Crippen LogP contribution in [0.1, 0.15) is 56.1 Å². The number of benzene rings is 1. The Morgan fingerprint density at radius 1 is 1.06 bits per heavy atom. The molecule has 4 rings (SSSR count). The highest BCUT2D eigenvalue weighted by Crippen LogP contribution is 2.38. The largest absolute Gasteiger partial charge is 0.380 e. The number of nitrogens with zero attached hydrogens (tertiary/aromatic N) is 1. The minimum absolute atomic E-state index is 0.331. The summed E-state index contributed by atoms with van der Waals surface area (Å²) in [5.41, 5.74) is 2.05. The maximum atomic E-state index is 12.6. The molecule has 2 amide bonds. The maximum Gasteiger partial charge on any atom is 0.255 e. The fourth-order valence-electron chi connectivity index (χ4n) is 4.86. The first-order chi connectivity index (χ1) is 15.0. The lowest BCUT2D eigenvalue weighted by Gasteiger charge is -2.24. The highest BCUT2D eigenvalue weighted by atomic mass is 32.2. The Balaban J connectivity index is 1.20. The Hall–Kier alpha value is -1.83. The number of amides is 2. The Bertz CT molecular complexity index is 812. The first-order valence-electron chi connectivity index (χ1n) is 11.4. The van der Waals surface area contributed by atoms with Gasteiger partial charge in [-0.1, -0.05) is 62.4 Å². The zero-order valence-corrected chi connectivity index (χ0v) is 18.7. The SMILES string of the molecule is O=C(NCC1=CCC(CC2CCCCC2)S1)[C@H](O)[C@@H](O)C(=O)N1Cc2ccccc2C1. The Morgan fingerprint density at radius 3 is 2.42 bits per heavy atom. The summed E-state index contributed by atoms with van der Waals surface area (Å²) in [5, 5.41) is 23.8. The van der Waals surface area contributed by atoms with Gasteiger partial charge in [0.25, 0.3) is 11.8 Å². The predicted molar refractivity (Wildman–Crippen MR) is 121 cm³/mol. The summed E-state index contributed by atoms with van der Waals surface area (Å²) < 4.78 is 0. The van der Waals surface area contributed by atoms with Gasteiger partial charge in [-0.05, 0) is 29.9 Å². The number of carbonyl (C=O) groups is 2. The molecule has 0 spiro atoms. The number of hydrogen-bond donors (Lipinski definition) is 3. The van der Waals surface area contributed by atoms with Crippen LogP contribution in [0.15, 0.2) is 35.2 Å². The number of allylic oxidation sites excluding steroid dienone is 1. The molecular formula is C24H32N2O4S. The molecule has 1 unspecified atom stereocenters. The van der Waals surface area contributed by atoms with Crippen molar-refractivity contribution in [3.05, 3.63) is 46.4 Å². The lowest BCUT2D eigenvalue weighted by molar-refractivity contribution is -0.153. The number of aliphatic hydroxyl groups is 2. The molecule has 0 aromatic heterocycles. The van der Waals surface area contributed by atoms with Crippen LogP contribution >= 0.6 is 11.8 Å². The van der Waals surface area contributed by atoms with Crippen LogP contribution in [-0.4, -0.2) is 50.9 Å². The zero-order valence-electron chi connectivity index (χ0n) is 17.8. The van der Waals surface area contributed by atoms with Crippen molar-refractivity contribution in [2.75, 3.05) is 6.54 Å². The minimum Gasteiger partial charge on any atom is -0.380 e. The molecule has 3 aliphatic rings. The molecule has 1 aromatic carbocycles. The van der Waals surface area contributed by atoms with E-state index in [1.54, 1.807) is 0 Å². The first kappa shape index (κ1) is 22.4. The maximum absolute atomic E-state index is 12.6. The van der Waals surface area contributed by atoms with E-state index in [4.69, 9.17) is 0 Å². The van der Waals surface area contributed by atoms with E-state index < -0.39 is 24.0 Å². The van der Waals surface area contributed by atoms with Gasteiger partial charge in [0.1, 0.15) is 0 Å². The van der Waals surface area contributed by atoms with Crippen LogP contribution in [0.3, 0.4) is 0 Å². The quantitative estimate of drug-likeness (QED) is 0.602. The lowest BCUT2D eigenvalue weighted by atomic mass is 9.85. The van der Waals surface area contributed by atoms with Gasteiger partial charge in [-0.15, -0.1) is 11.8 Å². The van der Waals surface area contributed by atoms with E-state index in [-0.39, 0.29) is 0 Å². The second-order valence-corrected chi connectivity index (χ2v) is 10.4. The van der Waals surface area contributed by atoms with Crippen LogP contribution < -0.4 is 5.32 Å². The molecule has 2 aliphatic heterocycles. The first-order valence-corrected chi connectivity index (χ1v) is 12.2. The third-order valence-electron chi connectivity index (χ3n) is 6.66.